The van der Waals surface area contributed by atoms with Gasteiger partial charge in [0.15, 0.2) is 0 Å². The summed E-state index contributed by atoms with van der Waals surface area (Å²) in [4.78, 5) is 11.3. The second-order valence-corrected chi connectivity index (χ2v) is 3.60. The van der Waals surface area contributed by atoms with E-state index in [1.807, 2.05) is 32.0 Å². The molecule has 1 atom stereocenters. The van der Waals surface area contributed by atoms with Crippen molar-refractivity contribution in [3.63, 3.8) is 0 Å². The van der Waals surface area contributed by atoms with Crippen LogP contribution in [0, 0.1) is 13.8 Å². The molecule has 0 aromatic heterocycles. The van der Waals surface area contributed by atoms with Gasteiger partial charge in [-0.15, -0.1) is 0 Å². The van der Waals surface area contributed by atoms with E-state index in [1.54, 1.807) is 6.92 Å². The molecule has 3 N–H and O–H groups in total. The first-order valence-electron chi connectivity index (χ1n) is 4.64. The molecule has 0 aliphatic rings. The van der Waals surface area contributed by atoms with E-state index in [9.17, 15) is 4.79 Å². The number of carbonyl (C=O) groups excluding carboxylic acids is 1. The Labute approximate surface area is 84.3 Å². The summed E-state index contributed by atoms with van der Waals surface area (Å²) in [7, 11) is 0. The third-order valence-electron chi connectivity index (χ3n) is 2.06. The minimum absolute atomic E-state index is 0.154. The molecule has 1 aromatic carbocycles. The van der Waals surface area contributed by atoms with Gasteiger partial charge in [0.05, 0.1) is 6.04 Å². The first kappa shape index (κ1) is 10.7. The van der Waals surface area contributed by atoms with Gasteiger partial charge >= 0.3 is 0 Å². The van der Waals surface area contributed by atoms with Gasteiger partial charge in [0, 0.05) is 5.69 Å². The lowest BCUT2D eigenvalue weighted by atomic mass is 10.1. The van der Waals surface area contributed by atoms with Crippen molar-refractivity contribution in [3.05, 3.63) is 29.3 Å². The normalized spacial score (nSPS) is 12.3. The van der Waals surface area contributed by atoms with Crippen LogP contribution >= 0.6 is 0 Å². The van der Waals surface area contributed by atoms with E-state index >= 15 is 0 Å². The van der Waals surface area contributed by atoms with Gasteiger partial charge < -0.3 is 11.1 Å². The Morgan fingerprint density at radius 1 is 1.43 bits per heavy atom. The summed E-state index contributed by atoms with van der Waals surface area (Å²) in [5, 5.41) is 2.79. The number of hydrogen-bond donors (Lipinski definition) is 2. The Kier molecular flexibility index (Phi) is 3.25. The smallest absolute Gasteiger partial charge is 0.241 e. The lowest BCUT2D eigenvalue weighted by Gasteiger charge is -2.10. The molecule has 1 aromatic rings. The van der Waals surface area contributed by atoms with Crippen LogP contribution in [0.1, 0.15) is 18.1 Å². The summed E-state index contributed by atoms with van der Waals surface area (Å²) in [5.41, 5.74) is 8.47. The number of benzene rings is 1. The monoisotopic (exact) mass is 192 g/mol. The van der Waals surface area contributed by atoms with Crippen LogP contribution in [0.4, 0.5) is 5.69 Å². The van der Waals surface area contributed by atoms with Crippen LogP contribution in [-0.4, -0.2) is 11.9 Å². The summed E-state index contributed by atoms with van der Waals surface area (Å²) < 4.78 is 0. The Hall–Kier alpha value is -1.35. The Morgan fingerprint density at radius 2 is 2.07 bits per heavy atom. The highest BCUT2D eigenvalue weighted by atomic mass is 16.2. The van der Waals surface area contributed by atoms with Gasteiger partial charge in [-0.25, -0.2) is 0 Å². The number of hydrogen-bond acceptors (Lipinski definition) is 2. The van der Waals surface area contributed by atoms with Crippen molar-refractivity contribution in [1.29, 1.82) is 0 Å². The van der Waals surface area contributed by atoms with Crippen LogP contribution in [-0.2, 0) is 4.79 Å². The number of anilines is 1. The lowest BCUT2D eigenvalue weighted by molar-refractivity contribution is -0.117. The maximum absolute atomic E-state index is 11.3. The number of amides is 1. The minimum Gasteiger partial charge on any atom is -0.324 e. The molecule has 1 rings (SSSR count). The van der Waals surface area contributed by atoms with Crippen molar-refractivity contribution in [2.45, 2.75) is 26.8 Å². The lowest BCUT2D eigenvalue weighted by Crippen LogP contribution is -2.32. The zero-order valence-electron chi connectivity index (χ0n) is 8.79. The standard InChI is InChI=1S/C11H16N2O/c1-7-4-5-8(2)10(6-7)13-11(14)9(3)12/h4-6,9H,12H2,1-3H3,(H,13,14). The first-order chi connectivity index (χ1) is 6.50. The van der Waals surface area contributed by atoms with Crippen LogP contribution in [0.15, 0.2) is 18.2 Å². The Morgan fingerprint density at radius 3 is 2.64 bits per heavy atom. The molecule has 3 nitrogen and oxygen atoms in total. The van der Waals surface area contributed by atoms with Gasteiger partial charge in [-0.2, -0.15) is 0 Å². The number of nitrogens with two attached hydrogens (primary N) is 1. The highest BCUT2D eigenvalue weighted by molar-refractivity contribution is 5.95. The van der Waals surface area contributed by atoms with Crippen molar-refractivity contribution in [3.8, 4) is 0 Å². The Bertz CT molecular complexity index is 345. The molecule has 76 valence electrons. The quantitative estimate of drug-likeness (QED) is 0.747. The van der Waals surface area contributed by atoms with Crippen LogP contribution in [0.5, 0.6) is 0 Å². The molecular formula is C11H16N2O. The molecule has 0 saturated carbocycles. The predicted octanol–water partition coefficient (Wildman–Crippen LogP) is 1.59. The van der Waals surface area contributed by atoms with Gasteiger partial charge in [-0.3, -0.25) is 4.79 Å². The Balaban J connectivity index is 2.86. The third-order valence-corrected chi connectivity index (χ3v) is 2.06. The molecule has 0 aliphatic heterocycles. The van der Waals surface area contributed by atoms with Crippen LogP contribution in [0.2, 0.25) is 0 Å². The second kappa shape index (κ2) is 4.24. The zero-order valence-corrected chi connectivity index (χ0v) is 8.79. The SMILES string of the molecule is Cc1ccc(C)c(NC(=O)C(C)N)c1. The molecule has 1 amide bonds. The van der Waals surface area contributed by atoms with Crippen LogP contribution in [0.3, 0.4) is 0 Å². The summed E-state index contributed by atoms with van der Waals surface area (Å²) >= 11 is 0. The summed E-state index contributed by atoms with van der Waals surface area (Å²) in [5.74, 6) is -0.154. The number of rotatable bonds is 2. The number of aryl methyl sites for hydroxylation is 2. The van der Waals surface area contributed by atoms with Crippen LogP contribution in [0.25, 0.3) is 0 Å². The van der Waals surface area contributed by atoms with Crippen molar-refractivity contribution >= 4 is 11.6 Å². The summed E-state index contributed by atoms with van der Waals surface area (Å²) in [6.45, 7) is 5.61. The first-order valence-corrected chi connectivity index (χ1v) is 4.64. The van der Waals surface area contributed by atoms with Crippen LogP contribution < -0.4 is 11.1 Å². The van der Waals surface area contributed by atoms with Crippen molar-refractivity contribution in [1.82, 2.24) is 0 Å². The average molecular weight is 192 g/mol. The molecule has 1 unspecified atom stereocenters. The van der Waals surface area contributed by atoms with Crippen molar-refractivity contribution in [2.24, 2.45) is 5.73 Å². The molecule has 0 bridgehead atoms. The van der Waals surface area contributed by atoms with Gasteiger partial charge in [0.1, 0.15) is 0 Å². The van der Waals surface area contributed by atoms with Gasteiger partial charge in [-0.05, 0) is 38.0 Å². The molecule has 14 heavy (non-hydrogen) atoms. The molecule has 0 spiro atoms. The van der Waals surface area contributed by atoms with E-state index in [0.717, 1.165) is 16.8 Å². The largest absolute Gasteiger partial charge is 0.324 e. The third kappa shape index (κ3) is 2.57. The molecule has 3 heteroatoms. The molecular weight excluding hydrogens is 176 g/mol. The maximum atomic E-state index is 11.3. The summed E-state index contributed by atoms with van der Waals surface area (Å²) in [6, 6.07) is 5.45. The van der Waals surface area contributed by atoms with E-state index in [0.29, 0.717) is 0 Å². The average Bonchev–Trinajstić information content (AvgIpc) is 2.11. The fourth-order valence-corrected chi connectivity index (χ4v) is 1.12. The van der Waals surface area contributed by atoms with Gasteiger partial charge in [0.25, 0.3) is 0 Å². The topological polar surface area (TPSA) is 55.1 Å². The van der Waals surface area contributed by atoms with Gasteiger partial charge in [-0.1, -0.05) is 12.1 Å². The highest BCUT2D eigenvalue weighted by Crippen LogP contribution is 2.16. The van der Waals surface area contributed by atoms with Crippen molar-refractivity contribution < 1.29 is 4.79 Å². The maximum Gasteiger partial charge on any atom is 0.241 e. The molecule has 0 saturated heterocycles. The van der Waals surface area contributed by atoms with E-state index in [1.165, 1.54) is 0 Å². The van der Waals surface area contributed by atoms with E-state index < -0.39 is 6.04 Å². The van der Waals surface area contributed by atoms with E-state index in [-0.39, 0.29) is 5.91 Å². The van der Waals surface area contributed by atoms with Gasteiger partial charge in [0.2, 0.25) is 5.91 Å². The highest BCUT2D eigenvalue weighted by Gasteiger charge is 2.08. The zero-order chi connectivity index (χ0) is 10.7. The molecule has 0 radical (unpaired) electrons. The fourth-order valence-electron chi connectivity index (χ4n) is 1.12. The molecule has 0 aliphatic carbocycles. The predicted molar refractivity (Wildman–Crippen MR) is 58.2 cm³/mol. The second-order valence-electron chi connectivity index (χ2n) is 3.60. The fraction of sp³-hybridized carbons (Fsp3) is 0.364. The molecule has 0 fully saturated rings. The number of nitrogens with one attached hydrogen (secondary N) is 1. The van der Waals surface area contributed by atoms with E-state index in [4.69, 9.17) is 5.73 Å². The minimum atomic E-state index is -0.477. The number of carbonyl (C=O) groups is 1. The molecule has 0 heterocycles. The summed E-state index contributed by atoms with van der Waals surface area (Å²) in [6.07, 6.45) is 0. The van der Waals surface area contributed by atoms with E-state index in [2.05, 4.69) is 5.32 Å². The van der Waals surface area contributed by atoms with Crippen molar-refractivity contribution in [2.75, 3.05) is 5.32 Å².